The van der Waals surface area contributed by atoms with Crippen LogP contribution in [0.5, 0.6) is 0 Å². The van der Waals surface area contributed by atoms with Crippen LogP contribution in [-0.2, 0) is 24.6 Å². The summed E-state index contributed by atoms with van der Waals surface area (Å²) >= 11 is 0. The summed E-state index contributed by atoms with van der Waals surface area (Å²) in [5, 5.41) is 3.01. The SMILES string of the molecule is CCN1C(=O)[C@@H]2[C@H](C1=O)C1(NC(=O)c3ccccc3)C=CC2(c2ccccc2)[C@H]2C(=O)N(CC)C(=O)[C@H]21. The number of benzene rings is 2. The van der Waals surface area contributed by atoms with E-state index in [1.165, 1.54) is 9.80 Å². The Kier molecular flexibility index (Phi) is 5.02. The fourth-order valence-electron chi connectivity index (χ4n) is 7.32. The number of likely N-dealkylation sites (tertiary alicyclic amines) is 2. The van der Waals surface area contributed by atoms with Crippen molar-refractivity contribution in [1.82, 2.24) is 15.1 Å². The van der Waals surface area contributed by atoms with E-state index in [9.17, 15) is 24.0 Å². The van der Waals surface area contributed by atoms with E-state index in [1.807, 2.05) is 36.4 Å². The van der Waals surface area contributed by atoms with Gasteiger partial charge in [0.15, 0.2) is 0 Å². The third-order valence-corrected chi connectivity index (χ3v) is 8.76. The molecule has 5 amide bonds. The van der Waals surface area contributed by atoms with Gasteiger partial charge < -0.3 is 5.32 Å². The second kappa shape index (κ2) is 7.96. The summed E-state index contributed by atoms with van der Waals surface area (Å²) in [5.74, 6) is -5.98. The topological polar surface area (TPSA) is 104 Å². The molecule has 1 N–H and O–H groups in total. The molecule has 5 aliphatic rings. The van der Waals surface area contributed by atoms with Gasteiger partial charge in [-0.05, 0) is 31.5 Å². The number of carbonyl (C=O) groups is 5. The molecule has 8 heteroatoms. The molecule has 2 bridgehead atoms. The van der Waals surface area contributed by atoms with Gasteiger partial charge in [0.25, 0.3) is 5.91 Å². The van der Waals surface area contributed by atoms with Crippen molar-refractivity contribution in [3.63, 3.8) is 0 Å². The Balaban J connectivity index is 1.64. The molecule has 1 saturated carbocycles. The Morgan fingerprint density at radius 1 is 0.703 bits per heavy atom. The van der Waals surface area contributed by atoms with Crippen LogP contribution in [-0.4, -0.2) is 58.0 Å². The zero-order valence-corrected chi connectivity index (χ0v) is 20.6. The van der Waals surface area contributed by atoms with Crippen LogP contribution in [0.15, 0.2) is 72.8 Å². The Morgan fingerprint density at radius 2 is 1.16 bits per heavy atom. The second-order valence-corrected chi connectivity index (χ2v) is 10.1. The Morgan fingerprint density at radius 3 is 1.65 bits per heavy atom. The number of hydrogen-bond acceptors (Lipinski definition) is 5. The van der Waals surface area contributed by atoms with Gasteiger partial charge in [-0.2, -0.15) is 0 Å². The summed E-state index contributed by atoms with van der Waals surface area (Å²) in [5.41, 5.74) is -1.65. The molecule has 2 saturated heterocycles. The molecule has 3 aliphatic carbocycles. The van der Waals surface area contributed by atoms with Crippen LogP contribution in [0.4, 0.5) is 0 Å². The van der Waals surface area contributed by atoms with E-state index in [0.29, 0.717) is 11.1 Å². The van der Waals surface area contributed by atoms with Crippen molar-refractivity contribution in [2.45, 2.75) is 24.8 Å². The van der Waals surface area contributed by atoms with Crippen molar-refractivity contribution in [1.29, 1.82) is 0 Å². The zero-order valence-electron chi connectivity index (χ0n) is 20.6. The predicted octanol–water partition coefficient (Wildman–Crippen LogP) is 1.92. The lowest BCUT2D eigenvalue weighted by molar-refractivity contribution is -0.143. The number of nitrogens with one attached hydrogen (secondary N) is 1. The van der Waals surface area contributed by atoms with Gasteiger partial charge in [0.2, 0.25) is 23.6 Å². The van der Waals surface area contributed by atoms with Gasteiger partial charge in [0, 0.05) is 24.1 Å². The lowest BCUT2D eigenvalue weighted by Gasteiger charge is -2.59. The molecule has 8 nitrogen and oxygen atoms in total. The van der Waals surface area contributed by atoms with Crippen molar-refractivity contribution < 1.29 is 24.0 Å². The molecule has 3 fully saturated rings. The molecule has 2 aromatic carbocycles. The van der Waals surface area contributed by atoms with Crippen LogP contribution < -0.4 is 5.32 Å². The number of nitrogens with zero attached hydrogens (tertiary/aromatic N) is 2. The van der Waals surface area contributed by atoms with Crippen molar-refractivity contribution in [2.75, 3.05) is 13.1 Å². The lowest BCUT2D eigenvalue weighted by atomic mass is 9.42. The summed E-state index contributed by atoms with van der Waals surface area (Å²) in [7, 11) is 0. The standard InChI is InChI=1S/C29H27N3O5/c1-3-31-24(34)19-21(26(31)36)29(30-23(33)17-11-7-5-8-12-17)16-15-28(19,18-13-9-6-10-14-18)20-22(29)27(37)32(4-2)25(20)35/h5-16,19-22H,3-4H2,1-2H3,(H,30,33)/t19-,20+,21+,22-,28?,29?. The van der Waals surface area contributed by atoms with Crippen molar-refractivity contribution in [2.24, 2.45) is 23.7 Å². The summed E-state index contributed by atoms with van der Waals surface area (Å²) in [4.78, 5) is 71.6. The van der Waals surface area contributed by atoms with E-state index < -0.39 is 52.3 Å². The number of allylic oxidation sites excluding steroid dienone is 1. The number of amides is 5. The van der Waals surface area contributed by atoms with E-state index in [0.717, 1.165) is 0 Å². The quantitative estimate of drug-likeness (QED) is 0.502. The Hall–Kier alpha value is -4.07. The largest absolute Gasteiger partial charge is 0.341 e. The van der Waals surface area contributed by atoms with Gasteiger partial charge in [0.1, 0.15) is 0 Å². The van der Waals surface area contributed by atoms with E-state index in [4.69, 9.17) is 0 Å². The number of hydrogen-bond donors (Lipinski definition) is 1. The molecule has 188 valence electrons. The van der Waals surface area contributed by atoms with E-state index in [1.54, 1.807) is 50.3 Å². The van der Waals surface area contributed by atoms with Crippen LogP contribution in [0.1, 0.15) is 29.8 Å². The van der Waals surface area contributed by atoms with Crippen molar-refractivity contribution >= 4 is 29.5 Å². The van der Waals surface area contributed by atoms with Crippen LogP contribution >= 0.6 is 0 Å². The molecule has 0 aromatic heterocycles. The third-order valence-electron chi connectivity index (χ3n) is 8.76. The van der Waals surface area contributed by atoms with E-state index in [-0.39, 0.29) is 24.9 Å². The summed E-state index contributed by atoms with van der Waals surface area (Å²) in [6.45, 7) is 3.78. The van der Waals surface area contributed by atoms with Gasteiger partial charge in [-0.1, -0.05) is 60.7 Å². The summed E-state index contributed by atoms with van der Waals surface area (Å²) < 4.78 is 0. The molecule has 37 heavy (non-hydrogen) atoms. The smallest absolute Gasteiger partial charge is 0.252 e. The second-order valence-electron chi connectivity index (χ2n) is 10.1. The van der Waals surface area contributed by atoms with Crippen LogP contribution in [0.25, 0.3) is 0 Å². The third kappa shape index (κ3) is 2.75. The average molecular weight is 498 g/mol. The lowest BCUT2D eigenvalue weighted by Crippen LogP contribution is -2.73. The minimum Gasteiger partial charge on any atom is -0.341 e. The Bertz CT molecular complexity index is 1320. The van der Waals surface area contributed by atoms with Gasteiger partial charge in [-0.15, -0.1) is 0 Å². The minimum absolute atomic E-state index is 0.163. The number of carbonyl (C=O) groups excluding carboxylic acids is 5. The van der Waals surface area contributed by atoms with Gasteiger partial charge in [0.05, 0.1) is 29.2 Å². The predicted molar refractivity (Wildman–Crippen MR) is 133 cm³/mol. The highest BCUT2D eigenvalue weighted by molar-refractivity contribution is 6.14. The normalized spacial score (nSPS) is 33.7. The molecular formula is C29H27N3O5. The van der Waals surface area contributed by atoms with E-state index in [2.05, 4.69) is 5.32 Å². The molecule has 6 atom stereocenters. The molecule has 0 radical (unpaired) electrons. The minimum atomic E-state index is -1.52. The molecular weight excluding hydrogens is 470 g/mol. The van der Waals surface area contributed by atoms with Crippen LogP contribution in [0, 0.1) is 23.7 Å². The highest BCUT2D eigenvalue weighted by Crippen LogP contribution is 2.66. The highest BCUT2D eigenvalue weighted by Gasteiger charge is 2.79. The first kappa shape index (κ1) is 23.3. The maximum Gasteiger partial charge on any atom is 0.252 e. The van der Waals surface area contributed by atoms with Crippen LogP contribution in [0.2, 0.25) is 0 Å². The first-order valence-electron chi connectivity index (χ1n) is 12.7. The fourth-order valence-corrected chi connectivity index (χ4v) is 7.32. The maximum absolute atomic E-state index is 13.9. The molecule has 2 aromatic rings. The fraction of sp³-hybridized carbons (Fsp3) is 0.345. The maximum atomic E-state index is 13.9. The zero-order chi connectivity index (χ0) is 26.1. The first-order valence-corrected chi connectivity index (χ1v) is 12.7. The molecule has 7 rings (SSSR count). The van der Waals surface area contributed by atoms with Gasteiger partial charge in [-0.25, -0.2) is 0 Å². The molecule has 2 aliphatic heterocycles. The summed E-state index contributed by atoms with van der Waals surface area (Å²) in [6, 6.07) is 17.7. The monoisotopic (exact) mass is 497 g/mol. The van der Waals surface area contributed by atoms with Crippen molar-refractivity contribution in [3.8, 4) is 0 Å². The first-order chi connectivity index (χ1) is 17.8. The van der Waals surface area contributed by atoms with Crippen molar-refractivity contribution in [3.05, 3.63) is 83.9 Å². The number of rotatable bonds is 5. The molecule has 2 heterocycles. The highest BCUT2D eigenvalue weighted by atomic mass is 16.2. The van der Waals surface area contributed by atoms with E-state index >= 15 is 0 Å². The number of imide groups is 2. The average Bonchev–Trinajstić information content (AvgIpc) is 3.36. The summed E-state index contributed by atoms with van der Waals surface area (Å²) in [6.07, 6.45) is 3.53. The van der Waals surface area contributed by atoms with Gasteiger partial charge >= 0.3 is 0 Å². The molecule has 0 spiro atoms. The van der Waals surface area contributed by atoms with Crippen LogP contribution in [0.3, 0.4) is 0 Å². The Labute approximate surface area is 214 Å². The molecule has 2 unspecified atom stereocenters. The van der Waals surface area contributed by atoms with Gasteiger partial charge in [-0.3, -0.25) is 33.8 Å².